The molecule has 2 bridgehead atoms. The van der Waals surface area contributed by atoms with Crippen molar-refractivity contribution in [1.29, 1.82) is 0 Å². The summed E-state index contributed by atoms with van der Waals surface area (Å²) in [6, 6.07) is 1.70. The minimum atomic E-state index is 0.347. The molecule has 3 heterocycles. The molecular weight excluding hydrogens is 222 g/mol. The summed E-state index contributed by atoms with van der Waals surface area (Å²) in [6.07, 6.45) is 4.29. The molecule has 0 amide bonds. The number of hydrogen-bond acceptors (Lipinski definition) is 3. The van der Waals surface area contributed by atoms with Crippen LogP contribution in [0.1, 0.15) is 40.0 Å². The Balaban J connectivity index is 1.46. The molecule has 18 heavy (non-hydrogen) atoms. The van der Waals surface area contributed by atoms with Crippen LogP contribution in [0.5, 0.6) is 0 Å². The van der Waals surface area contributed by atoms with E-state index in [4.69, 9.17) is 0 Å². The summed E-state index contributed by atoms with van der Waals surface area (Å²) in [6.45, 7) is 13.4. The summed E-state index contributed by atoms with van der Waals surface area (Å²) < 4.78 is 0. The number of fused-ring (bicyclic) bond motifs is 2. The average Bonchev–Trinajstić information content (AvgIpc) is 2.90. The lowest BCUT2D eigenvalue weighted by atomic mass is 9.88. The molecule has 0 aromatic carbocycles. The number of nitrogens with zero attached hydrogens (tertiary/aromatic N) is 2. The van der Waals surface area contributed by atoms with Crippen molar-refractivity contribution < 1.29 is 0 Å². The van der Waals surface area contributed by atoms with Gasteiger partial charge in [-0.3, -0.25) is 4.90 Å². The van der Waals surface area contributed by atoms with Crippen LogP contribution in [0.15, 0.2) is 0 Å². The quantitative estimate of drug-likeness (QED) is 0.803. The van der Waals surface area contributed by atoms with Gasteiger partial charge in [-0.2, -0.15) is 0 Å². The van der Waals surface area contributed by atoms with E-state index in [1.807, 2.05) is 0 Å². The maximum atomic E-state index is 3.76. The molecule has 3 aliphatic heterocycles. The number of nitrogens with one attached hydrogen (secondary N) is 1. The third-order valence-corrected chi connectivity index (χ3v) is 5.25. The molecule has 3 atom stereocenters. The van der Waals surface area contributed by atoms with Gasteiger partial charge in [-0.1, -0.05) is 0 Å². The van der Waals surface area contributed by atoms with Crippen LogP contribution < -0.4 is 5.32 Å². The molecule has 0 spiro atoms. The van der Waals surface area contributed by atoms with E-state index in [0.29, 0.717) is 5.54 Å². The fraction of sp³-hybridized carbons (Fsp3) is 1.00. The molecule has 1 N–H and O–H groups in total. The zero-order chi connectivity index (χ0) is 12.8. The van der Waals surface area contributed by atoms with Gasteiger partial charge in [0.25, 0.3) is 0 Å². The Kier molecular flexibility index (Phi) is 3.41. The van der Waals surface area contributed by atoms with Crippen molar-refractivity contribution in [2.75, 3.05) is 32.7 Å². The molecule has 3 saturated heterocycles. The van der Waals surface area contributed by atoms with Crippen molar-refractivity contribution in [3.63, 3.8) is 0 Å². The largest absolute Gasteiger partial charge is 0.311 e. The summed E-state index contributed by atoms with van der Waals surface area (Å²) in [7, 11) is 0. The fourth-order valence-corrected chi connectivity index (χ4v) is 4.07. The second kappa shape index (κ2) is 4.77. The molecule has 0 aromatic rings. The van der Waals surface area contributed by atoms with Gasteiger partial charge in [-0.15, -0.1) is 0 Å². The Bertz CT molecular complexity index is 289. The van der Waals surface area contributed by atoms with E-state index in [2.05, 4.69) is 35.9 Å². The van der Waals surface area contributed by atoms with E-state index >= 15 is 0 Å². The highest BCUT2D eigenvalue weighted by Crippen LogP contribution is 2.33. The normalized spacial score (nSPS) is 38.5. The van der Waals surface area contributed by atoms with Crippen LogP contribution in [0.25, 0.3) is 0 Å². The van der Waals surface area contributed by atoms with E-state index in [9.17, 15) is 0 Å². The minimum absolute atomic E-state index is 0.347. The molecule has 3 fully saturated rings. The second-order valence-corrected chi connectivity index (χ2v) is 7.50. The third kappa shape index (κ3) is 2.59. The van der Waals surface area contributed by atoms with Gasteiger partial charge in [-0.25, -0.2) is 0 Å². The van der Waals surface area contributed by atoms with Gasteiger partial charge in [0, 0.05) is 50.3 Å². The molecule has 0 aromatic heterocycles. The standard InChI is InChI=1S/C15H29N3/c1-15(2,3)18-8-6-17(7-9-18)11-12-10-13-4-5-14(12)16-13/h12-14,16H,4-11H2,1-3H3. The zero-order valence-corrected chi connectivity index (χ0v) is 12.3. The maximum absolute atomic E-state index is 3.76. The number of piperazine rings is 1. The first-order valence-corrected chi connectivity index (χ1v) is 7.76. The maximum Gasteiger partial charge on any atom is 0.0126 e. The predicted molar refractivity (Wildman–Crippen MR) is 75.8 cm³/mol. The van der Waals surface area contributed by atoms with Crippen LogP contribution in [0.2, 0.25) is 0 Å². The van der Waals surface area contributed by atoms with Crippen molar-refractivity contribution in [2.45, 2.75) is 57.7 Å². The Morgan fingerprint density at radius 3 is 2.28 bits per heavy atom. The zero-order valence-electron chi connectivity index (χ0n) is 12.3. The molecule has 3 rings (SSSR count). The SMILES string of the molecule is CC(C)(C)N1CCN(CC2CC3CCC2N3)CC1. The summed E-state index contributed by atoms with van der Waals surface area (Å²) in [5.74, 6) is 0.935. The second-order valence-electron chi connectivity index (χ2n) is 7.50. The molecule has 3 aliphatic rings. The molecule has 104 valence electrons. The van der Waals surface area contributed by atoms with Gasteiger partial charge in [-0.05, 0) is 46.0 Å². The van der Waals surface area contributed by atoms with E-state index in [-0.39, 0.29) is 0 Å². The lowest BCUT2D eigenvalue weighted by molar-refractivity contribution is 0.0533. The average molecular weight is 251 g/mol. The highest BCUT2D eigenvalue weighted by molar-refractivity contribution is 4.98. The van der Waals surface area contributed by atoms with E-state index in [1.165, 1.54) is 52.0 Å². The monoisotopic (exact) mass is 251 g/mol. The summed E-state index contributed by atoms with van der Waals surface area (Å²) in [5, 5.41) is 3.76. The van der Waals surface area contributed by atoms with E-state index < -0.39 is 0 Å². The summed E-state index contributed by atoms with van der Waals surface area (Å²) >= 11 is 0. The van der Waals surface area contributed by atoms with Crippen molar-refractivity contribution in [1.82, 2.24) is 15.1 Å². The van der Waals surface area contributed by atoms with Gasteiger partial charge >= 0.3 is 0 Å². The Morgan fingerprint density at radius 2 is 1.78 bits per heavy atom. The summed E-state index contributed by atoms with van der Waals surface area (Å²) in [4.78, 5) is 5.33. The van der Waals surface area contributed by atoms with Gasteiger partial charge in [0.1, 0.15) is 0 Å². The first kappa shape index (κ1) is 12.9. The van der Waals surface area contributed by atoms with Gasteiger partial charge in [0.2, 0.25) is 0 Å². The lowest BCUT2D eigenvalue weighted by Gasteiger charge is -2.43. The van der Waals surface area contributed by atoms with Gasteiger partial charge < -0.3 is 10.2 Å². The van der Waals surface area contributed by atoms with Crippen molar-refractivity contribution >= 4 is 0 Å². The first-order chi connectivity index (χ1) is 8.52. The first-order valence-electron chi connectivity index (χ1n) is 7.76. The summed E-state index contributed by atoms with van der Waals surface area (Å²) in [5.41, 5.74) is 0.347. The van der Waals surface area contributed by atoms with Crippen LogP contribution in [-0.4, -0.2) is 60.1 Å². The van der Waals surface area contributed by atoms with E-state index in [0.717, 1.165) is 18.0 Å². The highest BCUT2D eigenvalue weighted by atomic mass is 15.3. The van der Waals surface area contributed by atoms with Gasteiger partial charge in [0.05, 0.1) is 0 Å². The van der Waals surface area contributed by atoms with Crippen LogP contribution in [-0.2, 0) is 0 Å². The molecular formula is C15H29N3. The molecule has 3 heteroatoms. The smallest absolute Gasteiger partial charge is 0.0126 e. The molecule has 0 aliphatic carbocycles. The molecule has 0 radical (unpaired) electrons. The number of rotatable bonds is 2. The Labute approximate surface area is 112 Å². The number of hydrogen-bond donors (Lipinski definition) is 1. The lowest BCUT2D eigenvalue weighted by Crippen LogP contribution is -2.54. The molecule has 3 nitrogen and oxygen atoms in total. The highest BCUT2D eigenvalue weighted by Gasteiger charge is 2.39. The van der Waals surface area contributed by atoms with Crippen molar-refractivity contribution in [3.8, 4) is 0 Å². The topological polar surface area (TPSA) is 18.5 Å². The fourth-order valence-electron chi connectivity index (χ4n) is 4.07. The molecule has 3 unspecified atom stereocenters. The van der Waals surface area contributed by atoms with Crippen molar-refractivity contribution in [2.24, 2.45) is 5.92 Å². The van der Waals surface area contributed by atoms with Crippen LogP contribution in [0.4, 0.5) is 0 Å². The van der Waals surface area contributed by atoms with Crippen LogP contribution in [0.3, 0.4) is 0 Å². The Hall–Kier alpha value is -0.120. The van der Waals surface area contributed by atoms with E-state index in [1.54, 1.807) is 0 Å². The third-order valence-electron chi connectivity index (χ3n) is 5.25. The predicted octanol–water partition coefficient (Wildman–Crippen LogP) is 1.54. The molecule has 0 saturated carbocycles. The Morgan fingerprint density at radius 1 is 1.06 bits per heavy atom. The van der Waals surface area contributed by atoms with Gasteiger partial charge in [0.15, 0.2) is 0 Å². The minimum Gasteiger partial charge on any atom is -0.311 e. The van der Waals surface area contributed by atoms with Crippen LogP contribution in [0, 0.1) is 5.92 Å². The van der Waals surface area contributed by atoms with Crippen LogP contribution >= 0.6 is 0 Å². The van der Waals surface area contributed by atoms with Crippen molar-refractivity contribution in [3.05, 3.63) is 0 Å².